The summed E-state index contributed by atoms with van der Waals surface area (Å²) in [6.45, 7) is 14.0. The Balaban J connectivity index is 1.56. The normalized spacial score (nSPS) is 14.6. The van der Waals surface area contributed by atoms with Crippen molar-refractivity contribution < 1.29 is 0 Å². The molecule has 0 heterocycles. The maximum atomic E-state index is 4.04. The van der Waals surface area contributed by atoms with Gasteiger partial charge in [0.1, 0.15) is 0 Å². The van der Waals surface area contributed by atoms with Crippen LogP contribution in [0.15, 0.2) is 140 Å². The number of benzene rings is 6. The number of hydrogen-bond donors (Lipinski definition) is 0. The van der Waals surface area contributed by atoms with Gasteiger partial charge in [0.2, 0.25) is 0 Å². The molecule has 49 heavy (non-hydrogen) atoms. The standard InChI is InChI=1S/C49H43/c1-48(2,3)37-26-28-38-36(29-37)30-42-41(38)31-43(44(33-19-12-8-13-20-33)34-21-14-9-15-22-34)47(49(4,5)6)46(42)40-27-25-35-23-16-24-39(45(35)40)32-17-10-7-11-18-32/h7-29,31,40H,1-6H3. The zero-order valence-electron chi connectivity index (χ0n) is 29.4. The SMILES string of the molecule is CC(C)(C)c1ccc2c(c1)[C]=c1c-2cc(=C(c2ccccc2)c2ccccc2)c(C(C)(C)C)c1C1C=Cc2cccc(-c3ccccc3)c21. The molecule has 0 aromatic heterocycles. The van der Waals surface area contributed by atoms with Crippen molar-refractivity contribution in [2.45, 2.75) is 58.3 Å². The summed E-state index contributed by atoms with van der Waals surface area (Å²) in [5.74, 6) is 0.0750. The molecule has 0 N–H and O–H groups in total. The molecule has 2 aliphatic rings. The highest BCUT2D eigenvalue weighted by Crippen LogP contribution is 2.45. The third-order valence-corrected chi connectivity index (χ3v) is 10.3. The first-order chi connectivity index (χ1) is 23.6. The van der Waals surface area contributed by atoms with Gasteiger partial charge in [-0.3, -0.25) is 0 Å². The Morgan fingerprint density at radius 3 is 1.80 bits per heavy atom. The van der Waals surface area contributed by atoms with Crippen LogP contribution in [0.1, 0.15) is 92.0 Å². The van der Waals surface area contributed by atoms with E-state index in [1.165, 1.54) is 82.8 Å². The van der Waals surface area contributed by atoms with E-state index in [2.05, 4.69) is 193 Å². The van der Waals surface area contributed by atoms with Crippen molar-refractivity contribution in [3.05, 3.63) is 194 Å². The first kappa shape index (κ1) is 31.1. The maximum absolute atomic E-state index is 4.04. The molecule has 6 aromatic rings. The number of rotatable bonds is 4. The lowest BCUT2D eigenvalue weighted by atomic mass is 9.73. The average Bonchev–Trinajstić information content (AvgIpc) is 3.70. The van der Waals surface area contributed by atoms with Gasteiger partial charge >= 0.3 is 0 Å². The Kier molecular flexibility index (Phi) is 7.45. The minimum Gasteiger partial charge on any atom is -0.0720 e. The fourth-order valence-electron chi connectivity index (χ4n) is 8.02. The lowest BCUT2D eigenvalue weighted by molar-refractivity contribution is 0.576. The summed E-state index contributed by atoms with van der Waals surface area (Å²) in [5, 5.41) is 2.54. The predicted octanol–water partition coefficient (Wildman–Crippen LogP) is 11.0. The molecule has 0 bridgehead atoms. The second-order valence-electron chi connectivity index (χ2n) is 15.6. The Labute approximate surface area is 291 Å². The summed E-state index contributed by atoms with van der Waals surface area (Å²) >= 11 is 0. The molecule has 0 nitrogen and oxygen atoms in total. The second kappa shape index (κ2) is 11.7. The van der Waals surface area contributed by atoms with Crippen LogP contribution in [0, 0.1) is 0 Å². The van der Waals surface area contributed by atoms with Crippen LogP contribution in [0.2, 0.25) is 0 Å². The van der Waals surface area contributed by atoms with E-state index in [1.807, 2.05) is 0 Å². The minimum atomic E-state index is -0.167. The highest BCUT2D eigenvalue weighted by atomic mass is 14.4. The Hall–Kier alpha value is -5.20. The van der Waals surface area contributed by atoms with E-state index in [4.69, 9.17) is 0 Å². The van der Waals surface area contributed by atoms with Gasteiger partial charge in [-0.05, 0) is 112 Å². The average molecular weight is 632 g/mol. The largest absolute Gasteiger partial charge is 0.0720 e. The van der Waals surface area contributed by atoms with E-state index in [-0.39, 0.29) is 16.7 Å². The Morgan fingerprint density at radius 2 is 1.18 bits per heavy atom. The molecule has 0 aliphatic heterocycles. The molecule has 239 valence electrons. The third-order valence-electron chi connectivity index (χ3n) is 10.3. The van der Waals surface area contributed by atoms with Gasteiger partial charge in [-0.1, -0.05) is 175 Å². The Morgan fingerprint density at radius 1 is 0.551 bits per heavy atom. The Bertz CT molecular complexity index is 2320. The van der Waals surface area contributed by atoms with Crippen molar-refractivity contribution in [3.63, 3.8) is 0 Å². The predicted molar refractivity (Wildman–Crippen MR) is 208 cm³/mol. The minimum absolute atomic E-state index is 0.0509. The maximum Gasteiger partial charge on any atom is 0.0294 e. The van der Waals surface area contributed by atoms with E-state index in [9.17, 15) is 0 Å². The summed E-state index contributed by atoms with van der Waals surface area (Å²) in [7, 11) is 0. The van der Waals surface area contributed by atoms with E-state index < -0.39 is 0 Å². The van der Waals surface area contributed by atoms with E-state index in [1.54, 1.807) is 0 Å². The van der Waals surface area contributed by atoms with E-state index >= 15 is 0 Å². The van der Waals surface area contributed by atoms with Crippen LogP contribution >= 0.6 is 0 Å². The highest BCUT2D eigenvalue weighted by molar-refractivity contribution is 5.89. The van der Waals surface area contributed by atoms with Gasteiger partial charge in [0, 0.05) is 5.92 Å². The summed E-state index contributed by atoms with van der Waals surface area (Å²) < 4.78 is 0. The van der Waals surface area contributed by atoms with Crippen LogP contribution in [-0.4, -0.2) is 0 Å². The van der Waals surface area contributed by atoms with Gasteiger partial charge in [-0.15, -0.1) is 0 Å². The molecule has 0 saturated heterocycles. The molecule has 2 aliphatic carbocycles. The van der Waals surface area contributed by atoms with Crippen molar-refractivity contribution in [2.75, 3.05) is 0 Å². The van der Waals surface area contributed by atoms with Gasteiger partial charge in [0.05, 0.1) is 0 Å². The van der Waals surface area contributed by atoms with E-state index in [0.29, 0.717) is 0 Å². The summed E-state index contributed by atoms with van der Waals surface area (Å²) in [4.78, 5) is 0. The van der Waals surface area contributed by atoms with Crippen molar-refractivity contribution >= 4 is 17.7 Å². The number of fused-ring (bicyclic) bond motifs is 4. The van der Waals surface area contributed by atoms with Crippen molar-refractivity contribution in [1.82, 2.24) is 0 Å². The van der Waals surface area contributed by atoms with Crippen LogP contribution in [0.4, 0.5) is 0 Å². The molecule has 0 heteroatoms. The number of allylic oxidation sites excluding steroid dienone is 1. The van der Waals surface area contributed by atoms with Crippen LogP contribution < -0.4 is 10.4 Å². The molecule has 1 radical (unpaired) electrons. The van der Waals surface area contributed by atoms with E-state index in [0.717, 1.165) is 0 Å². The summed E-state index contributed by atoms with van der Waals surface area (Å²) in [5.41, 5.74) is 16.7. The monoisotopic (exact) mass is 631 g/mol. The van der Waals surface area contributed by atoms with Gasteiger partial charge in [-0.2, -0.15) is 0 Å². The quantitative estimate of drug-likeness (QED) is 0.181. The topological polar surface area (TPSA) is 0 Å². The highest BCUT2D eigenvalue weighted by Gasteiger charge is 2.33. The van der Waals surface area contributed by atoms with Crippen LogP contribution in [0.5, 0.6) is 0 Å². The van der Waals surface area contributed by atoms with Crippen molar-refractivity contribution in [2.24, 2.45) is 0 Å². The summed E-state index contributed by atoms with van der Waals surface area (Å²) in [6.07, 6.45) is 8.83. The van der Waals surface area contributed by atoms with Crippen LogP contribution in [-0.2, 0) is 10.8 Å². The second-order valence-corrected chi connectivity index (χ2v) is 15.6. The van der Waals surface area contributed by atoms with Gasteiger partial charge in [-0.25, -0.2) is 0 Å². The smallest absolute Gasteiger partial charge is 0.0294 e. The first-order valence-corrected chi connectivity index (χ1v) is 17.6. The molecule has 0 amide bonds. The molecular formula is C49H43. The lowest BCUT2D eigenvalue weighted by Crippen LogP contribution is -2.34. The fraction of sp³-hybridized carbons (Fsp3) is 0.184. The third kappa shape index (κ3) is 5.41. The van der Waals surface area contributed by atoms with Gasteiger partial charge in [0.15, 0.2) is 0 Å². The van der Waals surface area contributed by atoms with Crippen LogP contribution in [0.25, 0.3) is 40.0 Å². The zero-order valence-corrected chi connectivity index (χ0v) is 29.4. The zero-order chi connectivity index (χ0) is 33.9. The molecule has 1 unspecified atom stereocenters. The molecule has 8 rings (SSSR count). The summed E-state index contributed by atoms with van der Waals surface area (Å²) in [6, 6.07) is 49.2. The molecule has 6 aromatic carbocycles. The molecule has 0 spiro atoms. The van der Waals surface area contributed by atoms with Crippen LogP contribution in [0.3, 0.4) is 0 Å². The molecule has 1 atom stereocenters. The fourth-order valence-corrected chi connectivity index (χ4v) is 8.02. The van der Waals surface area contributed by atoms with Crippen molar-refractivity contribution in [1.29, 1.82) is 0 Å². The molecule has 0 fully saturated rings. The van der Waals surface area contributed by atoms with Crippen molar-refractivity contribution in [3.8, 4) is 22.3 Å². The van der Waals surface area contributed by atoms with Gasteiger partial charge in [0.25, 0.3) is 0 Å². The first-order valence-electron chi connectivity index (χ1n) is 17.6. The van der Waals surface area contributed by atoms with Gasteiger partial charge < -0.3 is 0 Å². The lowest BCUT2D eigenvalue weighted by Gasteiger charge is -2.30. The number of hydrogen-bond acceptors (Lipinski definition) is 0. The molecular weight excluding hydrogens is 589 g/mol. The molecule has 0 saturated carbocycles.